The number of hydrogen-bond donors (Lipinski definition) is 2. The van der Waals surface area contributed by atoms with E-state index in [0.29, 0.717) is 0 Å². The molecule has 0 unspecified atom stereocenters. The largest absolute Gasteiger partial charge is 0.471 e. The van der Waals surface area contributed by atoms with Gasteiger partial charge in [-0.3, -0.25) is 9.59 Å². The van der Waals surface area contributed by atoms with Gasteiger partial charge in [-0.15, -0.1) is 0 Å². The average Bonchev–Trinajstić information content (AvgIpc) is 2.26. The molecule has 0 aromatic rings. The number of rotatable bonds is 6. The van der Waals surface area contributed by atoms with Crippen molar-refractivity contribution in [3.8, 4) is 0 Å². The summed E-state index contributed by atoms with van der Waals surface area (Å²) in [6, 6.07) is -1.77. The van der Waals surface area contributed by atoms with Gasteiger partial charge in [0.05, 0.1) is 6.61 Å². The lowest BCUT2D eigenvalue weighted by Crippen LogP contribution is -2.48. The predicted octanol–water partition coefficient (Wildman–Crippen LogP) is -0.452. The Bertz CT molecular complexity index is 329. The van der Waals surface area contributed by atoms with Crippen LogP contribution in [0.15, 0.2) is 0 Å². The summed E-state index contributed by atoms with van der Waals surface area (Å²) in [5.74, 6) is -4.42. The van der Waals surface area contributed by atoms with Gasteiger partial charge in [0.2, 0.25) is 0 Å². The van der Waals surface area contributed by atoms with Gasteiger partial charge in [0.1, 0.15) is 12.6 Å². The van der Waals surface area contributed by atoms with Crippen molar-refractivity contribution in [2.45, 2.75) is 25.6 Å². The van der Waals surface area contributed by atoms with Gasteiger partial charge in [-0.25, -0.2) is 4.79 Å². The highest BCUT2D eigenvalue weighted by molar-refractivity contribution is 5.91. The van der Waals surface area contributed by atoms with Crippen molar-refractivity contribution < 1.29 is 37.4 Å². The van der Waals surface area contributed by atoms with Gasteiger partial charge in [-0.05, 0) is 6.92 Å². The molecule has 0 aliphatic heterocycles. The Labute approximate surface area is 100 Å². The number of esters is 1. The number of halogens is 3. The third-order valence-electron chi connectivity index (χ3n) is 1.74. The van der Waals surface area contributed by atoms with Crippen molar-refractivity contribution in [3.63, 3.8) is 0 Å². The van der Waals surface area contributed by atoms with Crippen LogP contribution >= 0.6 is 0 Å². The summed E-state index contributed by atoms with van der Waals surface area (Å²) in [6.45, 7) is 0.344. The van der Waals surface area contributed by atoms with Crippen LogP contribution in [0.25, 0.3) is 0 Å². The SMILES string of the molecule is CCOC(=O)[C@H](CC(=O)CO)NC(=O)C(F)(F)F. The van der Waals surface area contributed by atoms with Crippen LogP contribution in [0.1, 0.15) is 13.3 Å². The number of hydrogen-bond acceptors (Lipinski definition) is 5. The summed E-state index contributed by atoms with van der Waals surface area (Å²) in [6.07, 6.45) is -5.94. The molecule has 0 heterocycles. The van der Waals surface area contributed by atoms with E-state index in [1.54, 1.807) is 0 Å². The maximum absolute atomic E-state index is 12.0. The Morgan fingerprint density at radius 2 is 1.89 bits per heavy atom. The van der Waals surface area contributed by atoms with Gasteiger partial charge in [0.15, 0.2) is 5.78 Å². The number of amides is 1. The Kier molecular flexibility index (Phi) is 6.31. The highest BCUT2D eigenvalue weighted by Crippen LogP contribution is 2.15. The molecule has 0 fully saturated rings. The Balaban J connectivity index is 4.72. The fourth-order valence-corrected chi connectivity index (χ4v) is 0.968. The number of aliphatic hydroxyl groups excluding tert-OH is 1. The highest BCUT2D eigenvalue weighted by atomic mass is 19.4. The molecule has 0 saturated heterocycles. The molecule has 0 aromatic carbocycles. The summed E-state index contributed by atoms with van der Waals surface area (Å²) in [7, 11) is 0. The van der Waals surface area contributed by atoms with Gasteiger partial charge < -0.3 is 15.2 Å². The first kappa shape index (κ1) is 16.4. The second-order valence-electron chi connectivity index (χ2n) is 3.18. The normalized spacial score (nSPS) is 12.7. The van der Waals surface area contributed by atoms with E-state index in [1.807, 2.05) is 0 Å². The smallest absolute Gasteiger partial charge is 0.464 e. The summed E-state index contributed by atoms with van der Waals surface area (Å²) >= 11 is 0. The van der Waals surface area contributed by atoms with Gasteiger partial charge in [0.25, 0.3) is 0 Å². The second-order valence-corrected chi connectivity index (χ2v) is 3.18. The average molecular weight is 271 g/mol. The maximum atomic E-state index is 12.0. The molecule has 0 aromatic heterocycles. The quantitative estimate of drug-likeness (QED) is 0.638. The lowest BCUT2D eigenvalue weighted by molar-refractivity contribution is -0.176. The summed E-state index contributed by atoms with van der Waals surface area (Å²) in [5, 5.41) is 9.79. The number of alkyl halides is 3. The molecule has 1 amide bonds. The van der Waals surface area contributed by atoms with Crippen LogP contribution in [0.5, 0.6) is 0 Å². The summed E-state index contributed by atoms with van der Waals surface area (Å²) in [5.41, 5.74) is 0. The molecular weight excluding hydrogens is 259 g/mol. The molecule has 0 saturated carbocycles. The van der Waals surface area contributed by atoms with Crippen LogP contribution in [-0.2, 0) is 19.1 Å². The van der Waals surface area contributed by atoms with Crippen molar-refractivity contribution in [2.75, 3.05) is 13.2 Å². The third-order valence-corrected chi connectivity index (χ3v) is 1.74. The van der Waals surface area contributed by atoms with Crippen LogP contribution in [0.2, 0.25) is 0 Å². The number of ketones is 1. The van der Waals surface area contributed by atoms with Crippen LogP contribution in [-0.4, -0.2) is 48.2 Å². The van der Waals surface area contributed by atoms with E-state index in [4.69, 9.17) is 5.11 Å². The molecular formula is C9H12F3NO5. The molecule has 0 bridgehead atoms. The van der Waals surface area contributed by atoms with E-state index in [0.717, 1.165) is 0 Å². The first-order valence-electron chi connectivity index (χ1n) is 4.89. The minimum Gasteiger partial charge on any atom is -0.464 e. The van der Waals surface area contributed by atoms with E-state index >= 15 is 0 Å². The van der Waals surface area contributed by atoms with Crippen molar-refractivity contribution in [3.05, 3.63) is 0 Å². The molecule has 104 valence electrons. The van der Waals surface area contributed by atoms with Gasteiger partial charge in [-0.1, -0.05) is 0 Å². The zero-order valence-corrected chi connectivity index (χ0v) is 9.41. The first-order valence-corrected chi connectivity index (χ1v) is 4.89. The molecule has 9 heteroatoms. The van der Waals surface area contributed by atoms with Crippen molar-refractivity contribution >= 4 is 17.7 Å². The van der Waals surface area contributed by atoms with E-state index in [2.05, 4.69) is 4.74 Å². The first-order chi connectivity index (χ1) is 8.22. The summed E-state index contributed by atoms with van der Waals surface area (Å²) in [4.78, 5) is 32.7. The molecule has 0 radical (unpaired) electrons. The molecule has 0 aliphatic rings. The van der Waals surface area contributed by atoms with Gasteiger partial charge in [0, 0.05) is 6.42 Å². The molecule has 0 aliphatic carbocycles. The van der Waals surface area contributed by atoms with Crippen molar-refractivity contribution in [2.24, 2.45) is 0 Å². The second kappa shape index (κ2) is 6.94. The fourth-order valence-electron chi connectivity index (χ4n) is 0.968. The molecule has 18 heavy (non-hydrogen) atoms. The van der Waals surface area contributed by atoms with Gasteiger partial charge >= 0.3 is 18.1 Å². The minimum absolute atomic E-state index is 0.120. The molecule has 2 N–H and O–H groups in total. The Hall–Kier alpha value is -1.64. The lowest BCUT2D eigenvalue weighted by Gasteiger charge is -2.17. The monoisotopic (exact) mass is 271 g/mol. The van der Waals surface area contributed by atoms with Crippen LogP contribution < -0.4 is 5.32 Å². The van der Waals surface area contributed by atoms with Crippen molar-refractivity contribution in [1.82, 2.24) is 5.32 Å². The van der Waals surface area contributed by atoms with Crippen molar-refractivity contribution in [1.29, 1.82) is 0 Å². The fraction of sp³-hybridized carbons (Fsp3) is 0.667. The zero-order valence-electron chi connectivity index (χ0n) is 9.41. The number of aliphatic hydroxyl groups is 1. The number of ether oxygens (including phenoxy) is 1. The minimum atomic E-state index is -5.17. The molecule has 0 spiro atoms. The van der Waals surface area contributed by atoms with Crippen LogP contribution in [0.4, 0.5) is 13.2 Å². The number of carbonyl (C=O) groups is 3. The number of Topliss-reactive ketones (excluding diaryl/α,β-unsaturated/α-hetero) is 1. The molecule has 1 atom stereocenters. The summed E-state index contributed by atoms with van der Waals surface area (Å²) < 4.78 is 40.3. The standard InChI is InChI=1S/C9H12F3NO5/c1-2-18-7(16)6(3-5(15)4-14)13-8(17)9(10,11)12/h6,14H,2-4H2,1H3,(H,13,17)/t6-/m0/s1. The van der Waals surface area contributed by atoms with Crippen LogP contribution in [0.3, 0.4) is 0 Å². The van der Waals surface area contributed by atoms with E-state index in [9.17, 15) is 27.6 Å². The molecule has 6 nitrogen and oxygen atoms in total. The Morgan fingerprint density at radius 3 is 2.28 bits per heavy atom. The van der Waals surface area contributed by atoms with Crippen LogP contribution in [0, 0.1) is 0 Å². The lowest BCUT2D eigenvalue weighted by atomic mass is 10.1. The van der Waals surface area contributed by atoms with E-state index in [-0.39, 0.29) is 6.61 Å². The number of nitrogens with one attached hydrogen (secondary N) is 1. The predicted molar refractivity (Wildman–Crippen MR) is 51.3 cm³/mol. The number of carbonyl (C=O) groups excluding carboxylic acids is 3. The van der Waals surface area contributed by atoms with Gasteiger partial charge in [-0.2, -0.15) is 13.2 Å². The third kappa shape index (κ3) is 5.62. The highest BCUT2D eigenvalue weighted by Gasteiger charge is 2.41. The van der Waals surface area contributed by atoms with E-state index in [1.165, 1.54) is 12.2 Å². The van der Waals surface area contributed by atoms with E-state index < -0.39 is 42.9 Å². The maximum Gasteiger partial charge on any atom is 0.471 e. The topological polar surface area (TPSA) is 92.7 Å². The zero-order chi connectivity index (χ0) is 14.3. The molecule has 0 rings (SSSR count). The Morgan fingerprint density at radius 1 is 1.33 bits per heavy atom.